The van der Waals surface area contributed by atoms with Crippen molar-refractivity contribution in [2.45, 2.75) is 39.0 Å². The summed E-state index contributed by atoms with van der Waals surface area (Å²) in [6, 6.07) is 6.34. The lowest BCUT2D eigenvalue weighted by molar-refractivity contribution is 0.575. The van der Waals surface area contributed by atoms with Gasteiger partial charge in [-0.15, -0.1) is 0 Å². The topological polar surface area (TPSA) is 29.3 Å². The van der Waals surface area contributed by atoms with Crippen LogP contribution in [0.5, 0.6) is 0 Å². The highest BCUT2D eigenvalue weighted by atomic mass is 15.1. The van der Waals surface area contributed by atoms with Gasteiger partial charge in [-0.2, -0.15) is 0 Å². The van der Waals surface area contributed by atoms with E-state index in [1.54, 1.807) is 0 Å². The van der Waals surface area contributed by atoms with Crippen LogP contribution in [0.2, 0.25) is 0 Å². The van der Waals surface area contributed by atoms with Crippen LogP contribution in [0.4, 0.5) is 11.4 Å². The summed E-state index contributed by atoms with van der Waals surface area (Å²) in [5.74, 6) is 0.567. The zero-order valence-corrected chi connectivity index (χ0v) is 10.4. The minimum Gasteiger partial charge on any atom is -0.399 e. The molecule has 0 atom stereocenters. The van der Waals surface area contributed by atoms with Crippen molar-refractivity contribution in [3.8, 4) is 0 Å². The number of hydrogen-bond donors (Lipinski definition) is 1. The maximum absolute atomic E-state index is 5.91. The van der Waals surface area contributed by atoms with E-state index in [0.717, 1.165) is 5.69 Å². The summed E-state index contributed by atoms with van der Waals surface area (Å²) in [5, 5.41) is 0. The molecule has 0 unspecified atom stereocenters. The van der Waals surface area contributed by atoms with Crippen molar-refractivity contribution in [3.63, 3.8) is 0 Å². The molecule has 1 saturated heterocycles. The number of nitrogens with zero attached hydrogens (tertiary/aromatic N) is 1. The molecule has 0 saturated carbocycles. The van der Waals surface area contributed by atoms with Gasteiger partial charge in [-0.25, -0.2) is 0 Å². The highest BCUT2D eigenvalue weighted by molar-refractivity contribution is 5.62. The molecular formula is C14H22N2. The first kappa shape index (κ1) is 11.3. The van der Waals surface area contributed by atoms with Crippen LogP contribution in [-0.4, -0.2) is 13.1 Å². The summed E-state index contributed by atoms with van der Waals surface area (Å²) in [4.78, 5) is 2.50. The largest absolute Gasteiger partial charge is 0.399 e. The van der Waals surface area contributed by atoms with Crippen LogP contribution < -0.4 is 10.6 Å². The van der Waals surface area contributed by atoms with Crippen LogP contribution in [0, 0.1) is 0 Å². The summed E-state index contributed by atoms with van der Waals surface area (Å²) in [5.41, 5.74) is 9.57. The molecule has 16 heavy (non-hydrogen) atoms. The first-order valence-corrected chi connectivity index (χ1v) is 6.33. The molecule has 1 aliphatic rings. The number of benzene rings is 1. The molecular weight excluding hydrogens is 196 g/mol. The van der Waals surface area contributed by atoms with Crippen molar-refractivity contribution in [2.24, 2.45) is 0 Å². The second-order valence-corrected chi connectivity index (χ2v) is 5.02. The van der Waals surface area contributed by atoms with E-state index >= 15 is 0 Å². The van der Waals surface area contributed by atoms with E-state index in [2.05, 4.69) is 30.9 Å². The average molecular weight is 218 g/mol. The van der Waals surface area contributed by atoms with Gasteiger partial charge in [0.1, 0.15) is 0 Å². The van der Waals surface area contributed by atoms with Gasteiger partial charge in [0.15, 0.2) is 0 Å². The maximum atomic E-state index is 5.91. The fourth-order valence-corrected chi connectivity index (χ4v) is 2.46. The Balaban J connectivity index is 2.32. The lowest BCUT2D eigenvalue weighted by atomic mass is 9.98. The second kappa shape index (κ2) is 4.77. The first-order valence-electron chi connectivity index (χ1n) is 6.33. The normalized spacial score (nSPS) is 16.8. The van der Waals surface area contributed by atoms with Gasteiger partial charge in [0.05, 0.1) is 0 Å². The number of nitrogen functional groups attached to an aromatic ring is 1. The molecule has 0 aliphatic carbocycles. The Morgan fingerprint density at radius 3 is 2.44 bits per heavy atom. The molecule has 1 fully saturated rings. The van der Waals surface area contributed by atoms with Crippen molar-refractivity contribution < 1.29 is 0 Å². The molecule has 1 aromatic rings. The van der Waals surface area contributed by atoms with Crippen molar-refractivity contribution >= 4 is 11.4 Å². The highest BCUT2D eigenvalue weighted by Crippen LogP contribution is 2.31. The van der Waals surface area contributed by atoms with Gasteiger partial charge in [-0.1, -0.05) is 19.9 Å². The fraction of sp³-hybridized carbons (Fsp3) is 0.571. The molecule has 0 spiro atoms. The summed E-state index contributed by atoms with van der Waals surface area (Å²) >= 11 is 0. The van der Waals surface area contributed by atoms with Gasteiger partial charge in [-0.3, -0.25) is 0 Å². The lowest BCUT2D eigenvalue weighted by Gasteiger charge is -2.31. The SMILES string of the molecule is CC(C)c1ccc(N)cc1N1CCCCC1. The lowest BCUT2D eigenvalue weighted by Crippen LogP contribution is -2.30. The molecule has 2 rings (SSSR count). The number of hydrogen-bond acceptors (Lipinski definition) is 2. The first-order chi connectivity index (χ1) is 7.68. The van der Waals surface area contributed by atoms with Crippen LogP contribution in [0.25, 0.3) is 0 Å². The van der Waals surface area contributed by atoms with E-state index in [1.165, 1.54) is 43.6 Å². The van der Waals surface area contributed by atoms with Gasteiger partial charge in [0.2, 0.25) is 0 Å². The average Bonchev–Trinajstić information content (AvgIpc) is 2.29. The maximum Gasteiger partial charge on any atom is 0.0422 e. The summed E-state index contributed by atoms with van der Waals surface area (Å²) in [6.07, 6.45) is 3.99. The number of anilines is 2. The smallest absolute Gasteiger partial charge is 0.0422 e. The van der Waals surface area contributed by atoms with Crippen LogP contribution in [0.1, 0.15) is 44.6 Å². The molecule has 2 nitrogen and oxygen atoms in total. The molecule has 0 aromatic heterocycles. The Kier molecular flexibility index (Phi) is 3.37. The van der Waals surface area contributed by atoms with Gasteiger partial charge in [0, 0.05) is 24.5 Å². The summed E-state index contributed by atoms with van der Waals surface area (Å²) in [6.45, 7) is 6.87. The number of rotatable bonds is 2. The Hall–Kier alpha value is -1.18. The Morgan fingerprint density at radius 1 is 1.12 bits per heavy atom. The quantitative estimate of drug-likeness (QED) is 0.771. The van der Waals surface area contributed by atoms with E-state index in [9.17, 15) is 0 Å². The number of nitrogens with two attached hydrogens (primary N) is 1. The van der Waals surface area contributed by atoms with Crippen molar-refractivity contribution in [1.82, 2.24) is 0 Å². The van der Waals surface area contributed by atoms with E-state index in [-0.39, 0.29) is 0 Å². The molecule has 0 radical (unpaired) electrons. The second-order valence-electron chi connectivity index (χ2n) is 5.02. The predicted octanol–water partition coefficient (Wildman–Crippen LogP) is 3.38. The van der Waals surface area contributed by atoms with Crippen LogP contribution in [0.3, 0.4) is 0 Å². The third-order valence-corrected chi connectivity index (χ3v) is 3.37. The molecule has 2 heteroatoms. The molecule has 0 bridgehead atoms. The van der Waals surface area contributed by atoms with Crippen LogP contribution >= 0.6 is 0 Å². The molecule has 1 aromatic carbocycles. The van der Waals surface area contributed by atoms with E-state index in [4.69, 9.17) is 5.73 Å². The van der Waals surface area contributed by atoms with Gasteiger partial charge in [0.25, 0.3) is 0 Å². The third kappa shape index (κ3) is 2.31. The minimum absolute atomic E-state index is 0.567. The van der Waals surface area contributed by atoms with Gasteiger partial charge < -0.3 is 10.6 Å². The predicted molar refractivity (Wildman–Crippen MR) is 71.0 cm³/mol. The summed E-state index contributed by atoms with van der Waals surface area (Å²) < 4.78 is 0. The molecule has 0 amide bonds. The van der Waals surface area contributed by atoms with Crippen molar-refractivity contribution in [2.75, 3.05) is 23.7 Å². The third-order valence-electron chi connectivity index (χ3n) is 3.37. The molecule has 1 heterocycles. The highest BCUT2D eigenvalue weighted by Gasteiger charge is 2.16. The Bertz CT molecular complexity index is 352. The van der Waals surface area contributed by atoms with E-state index in [1.807, 2.05) is 6.07 Å². The van der Waals surface area contributed by atoms with Crippen LogP contribution in [-0.2, 0) is 0 Å². The zero-order chi connectivity index (χ0) is 11.5. The monoisotopic (exact) mass is 218 g/mol. The van der Waals surface area contributed by atoms with E-state index in [0.29, 0.717) is 5.92 Å². The standard InChI is InChI=1S/C14H22N2/c1-11(2)13-7-6-12(15)10-14(13)16-8-4-3-5-9-16/h6-7,10-11H,3-5,8-9,15H2,1-2H3. The minimum atomic E-state index is 0.567. The van der Waals surface area contributed by atoms with Crippen molar-refractivity contribution in [3.05, 3.63) is 23.8 Å². The zero-order valence-electron chi connectivity index (χ0n) is 10.4. The summed E-state index contributed by atoms with van der Waals surface area (Å²) in [7, 11) is 0. The van der Waals surface area contributed by atoms with E-state index < -0.39 is 0 Å². The van der Waals surface area contributed by atoms with Gasteiger partial charge >= 0.3 is 0 Å². The number of piperidine rings is 1. The van der Waals surface area contributed by atoms with Crippen molar-refractivity contribution in [1.29, 1.82) is 0 Å². The molecule has 88 valence electrons. The van der Waals surface area contributed by atoms with Gasteiger partial charge in [-0.05, 0) is 42.9 Å². The fourth-order valence-electron chi connectivity index (χ4n) is 2.46. The molecule has 2 N–H and O–H groups in total. The molecule has 1 aliphatic heterocycles. The van der Waals surface area contributed by atoms with Crippen LogP contribution in [0.15, 0.2) is 18.2 Å². The Morgan fingerprint density at radius 2 is 1.81 bits per heavy atom. The Labute approximate surface area is 98.4 Å².